The summed E-state index contributed by atoms with van der Waals surface area (Å²) in [6.45, 7) is 13.3. The predicted octanol–water partition coefficient (Wildman–Crippen LogP) is 7.20. The SMILES string of the molecule is CCOc1cc(N2CCC(N3CCNCC3)CC2)c(CC)cc1Nc1ncc(Br)c(Nc2ccc3nc(C)ccc3c2P2(=O)CCCC2)n1. The lowest BCUT2D eigenvalue weighted by molar-refractivity contribution is 0.150. The minimum atomic E-state index is -2.59. The lowest BCUT2D eigenvalue weighted by atomic mass is 9.99. The number of nitrogens with one attached hydrogen (secondary N) is 3. The molecule has 49 heavy (non-hydrogen) atoms. The number of rotatable bonds is 10. The van der Waals surface area contributed by atoms with Gasteiger partial charge in [-0.3, -0.25) is 9.88 Å². The number of aromatic nitrogens is 3. The second-order valence-electron chi connectivity index (χ2n) is 13.4. The van der Waals surface area contributed by atoms with Crippen LogP contribution >= 0.6 is 23.1 Å². The molecule has 260 valence electrons. The van der Waals surface area contributed by atoms with Crippen LogP contribution in [0.1, 0.15) is 50.8 Å². The summed E-state index contributed by atoms with van der Waals surface area (Å²) in [6.07, 6.45) is 8.41. The van der Waals surface area contributed by atoms with Crippen LogP contribution in [-0.2, 0) is 11.0 Å². The van der Waals surface area contributed by atoms with Gasteiger partial charge in [-0.2, -0.15) is 4.98 Å². The zero-order valence-corrected chi connectivity index (χ0v) is 31.4. The van der Waals surface area contributed by atoms with Gasteiger partial charge >= 0.3 is 0 Å². The van der Waals surface area contributed by atoms with Gasteiger partial charge in [-0.05, 0) is 91.7 Å². The predicted molar refractivity (Wildman–Crippen MR) is 206 cm³/mol. The van der Waals surface area contributed by atoms with E-state index in [1.165, 1.54) is 24.1 Å². The second-order valence-corrected chi connectivity index (χ2v) is 17.4. The molecule has 0 saturated carbocycles. The number of pyridine rings is 1. The highest BCUT2D eigenvalue weighted by atomic mass is 79.9. The Balaban J connectivity index is 1.16. The fourth-order valence-corrected chi connectivity index (χ4v) is 11.4. The van der Waals surface area contributed by atoms with Crippen molar-refractivity contribution < 1.29 is 9.30 Å². The number of benzene rings is 2. The Labute approximate surface area is 298 Å². The summed E-state index contributed by atoms with van der Waals surface area (Å²) in [5.74, 6) is 1.84. The molecule has 0 aliphatic carbocycles. The van der Waals surface area contributed by atoms with Crippen molar-refractivity contribution in [3.05, 3.63) is 58.3 Å². The highest BCUT2D eigenvalue weighted by Gasteiger charge is 2.34. The Hall–Kier alpha value is -3.24. The average Bonchev–Trinajstić information content (AvgIpc) is 3.57. The van der Waals surface area contributed by atoms with E-state index in [-0.39, 0.29) is 0 Å². The van der Waals surface area contributed by atoms with Gasteiger partial charge in [0.25, 0.3) is 0 Å². The van der Waals surface area contributed by atoms with Crippen LogP contribution in [0.3, 0.4) is 0 Å². The van der Waals surface area contributed by atoms with Gasteiger partial charge in [-0.25, -0.2) is 4.98 Å². The maximum atomic E-state index is 14.4. The molecule has 3 aliphatic heterocycles. The number of halogens is 1. The molecule has 0 atom stereocenters. The largest absolute Gasteiger partial charge is 0.492 e. The fourth-order valence-electron chi connectivity index (χ4n) is 7.75. The lowest BCUT2D eigenvalue weighted by Crippen LogP contribution is -2.52. The van der Waals surface area contributed by atoms with Crippen molar-refractivity contribution in [2.75, 3.05) is 73.7 Å². The molecule has 5 heterocycles. The average molecular weight is 748 g/mol. The number of hydrogen-bond donors (Lipinski definition) is 3. The summed E-state index contributed by atoms with van der Waals surface area (Å²) in [5.41, 5.74) is 5.99. The van der Waals surface area contributed by atoms with E-state index in [1.807, 2.05) is 32.0 Å². The fraction of sp³-hybridized carbons (Fsp3) is 0.486. The molecule has 3 aliphatic rings. The van der Waals surface area contributed by atoms with E-state index in [0.717, 1.165) is 114 Å². The number of fused-ring (bicyclic) bond motifs is 1. The third-order valence-electron chi connectivity index (χ3n) is 10.3. The number of piperidine rings is 1. The van der Waals surface area contributed by atoms with E-state index in [4.69, 9.17) is 14.7 Å². The van der Waals surface area contributed by atoms with Crippen molar-refractivity contribution in [1.29, 1.82) is 0 Å². The summed E-state index contributed by atoms with van der Waals surface area (Å²) in [6, 6.07) is 13.1. The van der Waals surface area contributed by atoms with Crippen molar-refractivity contribution in [3.8, 4) is 5.75 Å². The third-order valence-corrected chi connectivity index (χ3v) is 14.2. The summed E-state index contributed by atoms with van der Waals surface area (Å²) >= 11 is 3.67. The van der Waals surface area contributed by atoms with Crippen molar-refractivity contribution in [1.82, 2.24) is 25.2 Å². The van der Waals surface area contributed by atoms with E-state index in [2.05, 4.69) is 71.8 Å². The Morgan fingerprint density at radius 1 is 0.980 bits per heavy atom. The van der Waals surface area contributed by atoms with Crippen molar-refractivity contribution in [2.24, 2.45) is 0 Å². The monoisotopic (exact) mass is 746 g/mol. The molecular weight excluding hydrogens is 699 g/mol. The Kier molecular flexibility index (Phi) is 10.4. The molecule has 7 rings (SSSR count). The molecular formula is C37H48BrN8O2P. The molecule has 10 nitrogen and oxygen atoms in total. The van der Waals surface area contributed by atoms with E-state index < -0.39 is 7.14 Å². The van der Waals surface area contributed by atoms with Crippen molar-refractivity contribution >= 4 is 68.1 Å². The van der Waals surface area contributed by atoms with Crippen molar-refractivity contribution in [3.63, 3.8) is 0 Å². The third kappa shape index (κ3) is 7.32. The van der Waals surface area contributed by atoms with Crippen LogP contribution in [0.15, 0.2) is 47.1 Å². The Morgan fingerprint density at radius 2 is 1.76 bits per heavy atom. The minimum Gasteiger partial charge on any atom is -0.492 e. The smallest absolute Gasteiger partial charge is 0.229 e. The zero-order valence-electron chi connectivity index (χ0n) is 28.9. The lowest BCUT2D eigenvalue weighted by Gasteiger charge is -2.41. The van der Waals surface area contributed by atoms with Gasteiger partial charge in [0.2, 0.25) is 5.95 Å². The zero-order chi connectivity index (χ0) is 34.0. The molecule has 3 saturated heterocycles. The Bertz CT molecular complexity index is 1850. The number of piperazine rings is 1. The quantitative estimate of drug-likeness (QED) is 0.144. The van der Waals surface area contributed by atoms with E-state index >= 15 is 0 Å². The highest BCUT2D eigenvalue weighted by molar-refractivity contribution is 9.10. The summed E-state index contributed by atoms with van der Waals surface area (Å²) < 4.78 is 21.3. The van der Waals surface area contributed by atoms with Crippen LogP contribution in [0.4, 0.5) is 28.8 Å². The molecule has 3 fully saturated rings. The Morgan fingerprint density at radius 3 is 2.49 bits per heavy atom. The first-order chi connectivity index (χ1) is 23.8. The molecule has 0 amide bonds. The van der Waals surface area contributed by atoms with E-state index in [0.29, 0.717) is 24.4 Å². The molecule has 0 unspecified atom stereocenters. The van der Waals surface area contributed by atoms with Gasteiger partial charge in [0, 0.05) is 92.0 Å². The molecule has 2 aromatic carbocycles. The molecule has 4 aromatic rings. The van der Waals surface area contributed by atoms with Gasteiger partial charge in [0.15, 0.2) is 0 Å². The number of hydrogen-bond acceptors (Lipinski definition) is 10. The van der Waals surface area contributed by atoms with E-state index in [1.54, 1.807) is 6.20 Å². The standard InChI is InChI=1S/C37H48BrN8O2P/c1-4-26-22-32(34(48-5-2)23-33(26)46-16-12-27(13-17-46)45-18-14-39-15-19-45)43-37-40-24-29(38)36(44-37)42-31-11-10-30-28(9-8-25(3)41-30)35(31)49(47)20-6-7-21-49/h8-11,22-24,27,39H,4-7,12-21H2,1-3H3,(H2,40,42,43,44). The maximum absolute atomic E-state index is 14.4. The number of nitrogens with zero attached hydrogens (tertiary/aromatic N) is 5. The van der Waals surface area contributed by atoms with Gasteiger partial charge in [-0.15, -0.1) is 0 Å². The molecule has 0 radical (unpaired) electrons. The van der Waals surface area contributed by atoms with Gasteiger partial charge in [0.1, 0.15) is 18.7 Å². The normalized spacial score (nSPS) is 18.6. The van der Waals surface area contributed by atoms with Gasteiger partial charge in [0.05, 0.1) is 28.0 Å². The van der Waals surface area contributed by atoms with Crippen LogP contribution in [0.2, 0.25) is 0 Å². The number of aryl methyl sites for hydroxylation is 2. The second kappa shape index (κ2) is 14.9. The van der Waals surface area contributed by atoms with Crippen LogP contribution in [0.25, 0.3) is 10.9 Å². The topological polar surface area (TPSA) is 108 Å². The first-order valence-corrected chi connectivity index (χ1v) is 20.8. The van der Waals surface area contributed by atoms with Gasteiger partial charge in [-0.1, -0.05) is 13.0 Å². The molecule has 2 aromatic heterocycles. The summed E-state index contributed by atoms with van der Waals surface area (Å²) in [7, 11) is -2.59. The van der Waals surface area contributed by atoms with Gasteiger partial charge < -0.3 is 30.2 Å². The van der Waals surface area contributed by atoms with Crippen molar-refractivity contribution in [2.45, 2.75) is 58.9 Å². The molecule has 12 heteroatoms. The summed E-state index contributed by atoms with van der Waals surface area (Å²) in [4.78, 5) is 19.5. The van der Waals surface area contributed by atoms with Crippen LogP contribution in [0, 0.1) is 6.92 Å². The highest BCUT2D eigenvalue weighted by Crippen LogP contribution is 2.54. The number of ether oxygens (including phenoxy) is 1. The number of anilines is 5. The molecule has 0 bridgehead atoms. The van der Waals surface area contributed by atoms with Crippen LogP contribution in [-0.4, -0.2) is 84.1 Å². The molecule has 0 spiro atoms. The van der Waals surface area contributed by atoms with Crippen LogP contribution < -0.4 is 30.9 Å². The summed E-state index contributed by atoms with van der Waals surface area (Å²) in [5, 5.41) is 12.3. The van der Waals surface area contributed by atoms with E-state index in [9.17, 15) is 4.57 Å². The molecule has 3 N–H and O–H groups in total. The maximum Gasteiger partial charge on any atom is 0.229 e. The first-order valence-electron chi connectivity index (χ1n) is 17.9. The minimum absolute atomic E-state index is 0.449. The van der Waals surface area contributed by atoms with Crippen LogP contribution in [0.5, 0.6) is 5.75 Å². The first kappa shape index (κ1) is 34.2.